The van der Waals surface area contributed by atoms with Gasteiger partial charge in [0, 0.05) is 106 Å². The predicted octanol–water partition coefficient (Wildman–Crippen LogP) is 5.44. The second kappa shape index (κ2) is 19.4. The Balaban J connectivity index is 1.26. The number of aromatic nitrogens is 3. The van der Waals surface area contributed by atoms with Crippen molar-refractivity contribution >= 4 is 52.0 Å². The lowest BCUT2D eigenvalue weighted by Gasteiger charge is -2.39. The summed E-state index contributed by atoms with van der Waals surface area (Å²) in [6, 6.07) is 7.32. The number of hydrazine groups is 1. The van der Waals surface area contributed by atoms with E-state index >= 15 is 0 Å². The Morgan fingerprint density at radius 3 is 2.50 bits per heavy atom. The van der Waals surface area contributed by atoms with E-state index < -0.39 is 41.3 Å². The predicted molar refractivity (Wildman–Crippen MR) is 245 cm³/mol. The van der Waals surface area contributed by atoms with Crippen molar-refractivity contribution in [1.29, 1.82) is 0 Å². The number of hydrogen-bond donors (Lipinski definition) is 2. The van der Waals surface area contributed by atoms with Gasteiger partial charge in [-0.05, 0) is 68.9 Å². The topological polar surface area (TPSA) is 172 Å². The van der Waals surface area contributed by atoms with Crippen LogP contribution < -0.4 is 10.7 Å². The van der Waals surface area contributed by atoms with E-state index in [2.05, 4.69) is 60.3 Å². The third-order valence-corrected chi connectivity index (χ3v) is 13.6. The number of hydrogen-bond acceptors (Lipinski definition) is 11. The van der Waals surface area contributed by atoms with Gasteiger partial charge >= 0.3 is 12.0 Å². The molecule has 4 aromatic rings. The fourth-order valence-electron chi connectivity index (χ4n) is 9.30. The molecule has 4 atom stereocenters. The van der Waals surface area contributed by atoms with Crippen molar-refractivity contribution in [2.45, 2.75) is 105 Å². The van der Waals surface area contributed by atoms with Crippen LogP contribution in [0.5, 0.6) is 0 Å². The van der Waals surface area contributed by atoms with E-state index in [0.29, 0.717) is 63.5 Å². The van der Waals surface area contributed by atoms with E-state index in [0.717, 1.165) is 44.7 Å². The molecule has 16 nitrogen and oxygen atoms in total. The smallest absolute Gasteiger partial charge is 0.324 e. The first-order valence-electron chi connectivity index (χ1n) is 22.4. The number of benzene rings is 1. The van der Waals surface area contributed by atoms with Crippen molar-refractivity contribution in [3.05, 3.63) is 58.2 Å². The van der Waals surface area contributed by atoms with Crippen LogP contribution in [0, 0.1) is 11.3 Å². The molecule has 2 saturated heterocycles. The SMILES string of the molecule is CCn1c(-c2cccnc2[C@H](C)OC)c2c3cc(ccc31)-c1csc(n1)C[C@H](NC(=O)[C@H](C(C)C)N(C)C(=O)N1CCN(C(C)=O)CC1)C(=O)N1CCC[C@H](N1)C(=O)OCC(C)(C)C2. The highest BCUT2D eigenvalue weighted by Gasteiger charge is 2.39. The first-order valence-corrected chi connectivity index (χ1v) is 23.3. The van der Waals surface area contributed by atoms with Crippen molar-refractivity contribution in [1.82, 2.24) is 45.0 Å². The number of ether oxygens (including phenoxy) is 2. The Morgan fingerprint density at radius 1 is 1.08 bits per heavy atom. The molecular formula is C47H63N9O7S. The van der Waals surface area contributed by atoms with Gasteiger partial charge in [0.1, 0.15) is 18.1 Å². The van der Waals surface area contributed by atoms with Gasteiger partial charge in [0.05, 0.1) is 34.8 Å². The number of pyridine rings is 1. The highest BCUT2D eigenvalue weighted by atomic mass is 32.1. The molecule has 0 unspecified atom stereocenters. The molecule has 7 rings (SSSR count). The molecule has 64 heavy (non-hydrogen) atoms. The van der Waals surface area contributed by atoms with Gasteiger partial charge in [0.15, 0.2) is 0 Å². The Bertz CT molecular complexity index is 2390. The second-order valence-corrected chi connectivity index (χ2v) is 19.3. The zero-order chi connectivity index (χ0) is 46.0. The number of esters is 1. The molecule has 6 heterocycles. The minimum Gasteiger partial charge on any atom is -0.464 e. The summed E-state index contributed by atoms with van der Waals surface area (Å²) in [6.45, 7) is 16.2. The molecule has 17 heteroatoms. The minimum atomic E-state index is -1.08. The number of cyclic esters (lactones) is 1. The monoisotopic (exact) mass is 897 g/mol. The molecule has 3 aliphatic rings. The number of rotatable bonds is 8. The number of nitrogens with one attached hydrogen (secondary N) is 2. The molecule has 344 valence electrons. The molecule has 1 aromatic carbocycles. The van der Waals surface area contributed by atoms with Gasteiger partial charge < -0.3 is 34.1 Å². The largest absolute Gasteiger partial charge is 0.464 e. The molecule has 2 fully saturated rings. The summed E-state index contributed by atoms with van der Waals surface area (Å²) in [4.78, 5) is 83.2. The van der Waals surface area contributed by atoms with Gasteiger partial charge in [0.2, 0.25) is 11.8 Å². The summed E-state index contributed by atoms with van der Waals surface area (Å²) in [5.41, 5.74) is 9.27. The van der Waals surface area contributed by atoms with Crippen LogP contribution in [0.4, 0.5) is 4.79 Å². The minimum absolute atomic E-state index is 0.0449. The highest BCUT2D eigenvalue weighted by Crippen LogP contribution is 2.42. The van der Waals surface area contributed by atoms with Crippen molar-refractivity contribution in [3.8, 4) is 22.5 Å². The third kappa shape index (κ3) is 9.66. The van der Waals surface area contributed by atoms with Crippen molar-refractivity contribution in [3.63, 3.8) is 0 Å². The lowest BCUT2D eigenvalue weighted by molar-refractivity contribution is -0.155. The zero-order valence-corrected chi connectivity index (χ0v) is 39.4. The molecule has 3 aromatic heterocycles. The van der Waals surface area contributed by atoms with Gasteiger partial charge in [-0.25, -0.2) is 15.2 Å². The summed E-state index contributed by atoms with van der Waals surface area (Å²) in [6.07, 6.45) is 3.21. The zero-order valence-electron chi connectivity index (χ0n) is 38.6. The molecule has 6 bridgehead atoms. The van der Waals surface area contributed by atoms with E-state index in [4.69, 9.17) is 19.4 Å². The van der Waals surface area contributed by atoms with Crippen molar-refractivity contribution in [2.75, 3.05) is 53.5 Å². The quantitative estimate of drug-likeness (QED) is 0.217. The molecule has 0 aliphatic carbocycles. The van der Waals surface area contributed by atoms with E-state index in [9.17, 15) is 24.0 Å². The molecule has 0 saturated carbocycles. The molecule has 5 amide bonds. The van der Waals surface area contributed by atoms with E-state index in [1.165, 1.54) is 28.2 Å². The summed E-state index contributed by atoms with van der Waals surface area (Å²) in [5.74, 6) is -1.70. The summed E-state index contributed by atoms with van der Waals surface area (Å²) < 4.78 is 14.2. The summed E-state index contributed by atoms with van der Waals surface area (Å²) >= 11 is 1.41. The molecule has 0 radical (unpaired) electrons. The van der Waals surface area contributed by atoms with Crippen LogP contribution in [0.25, 0.3) is 33.4 Å². The molecule has 2 N–H and O–H groups in total. The molecule has 0 spiro atoms. The number of fused-ring (bicyclic) bond motifs is 6. The third-order valence-electron chi connectivity index (χ3n) is 12.8. The van der Waals surface area contributed by atoms with Gasteiger partial charge in [-0.1, -0.05) is 33.8 Å². The number of amides is 5. The maximum atomic E-state index is 14.6. The van der Waals surface area contributed by atoms with Crippen LogP contribution in [-0.2, 0) is 48.0 Å². The summed E-state index contributed by atoms with van der Waals surface area (Å²) in [7, 11) is 3.28. The van der Waals surface area contributed by atoms with Crippen LogP contribution in [0.3, 0.4) is 0 Å². The van der Waals surface area contributed by atoms with Crippen LogP contribution in [0.15, 0.2) is 41.9 Å². The van der Waals surface area contributed by atoms with Crippen molar-refractivity contribution in [2.24, 2.45) is 11.3 Å². The molecule has 3 aliphatic heterocycles. The summed E-state index contributed by atoms with van der Waals surface area (Å²) in [5, 5.41) is 8.11. The first kappa shape index (κ1) is 46.6. The van der Waals surface area contributed by atoms with Crippen LogP contribution in [-0.4, -0.2) is 136 Å². The van der Waals surface area contributed by atoms with Crippen molar-refractivity contribution < 1.29 is 33.4 Å². The Labute approximate surface area is 379 Å². The van der Waals surface area contributed by atoms with E-state index in [1.54, 1.807) is 30.2 Å². The molecular weight excluding hydrogens is 835 g/mol. The lowest BCUT2D eigenvalue weighted by atomic mass is 9.84. The number of urea groups is 1. The number of thiazole rings is 1. The van der Waals surface area contributed by atoms with Crippen LogP contribution in [0.2, 0.25) is 0 Å². The lowest BCUT2D eigenvalue weighted by Crippen LogP contribution is -2.63. The second-order valence-electron chi connectivity index (χ2n) is 18.3. The average Bonchev–Trinajstić information content (AvgIpc) is 3.88. The maximum Gasteiger partial charge on any atom is 0.324 e. The van der Waals surface area contributed by atoms with E-state index in [1.807, 2.05) is 32.2 Å². The number of carbonyl (C=O) groups is 5. The fourth-order valence-corrected chi connectivity index (χ4v) is 10.2. The normalized spacial score (nSPS) is 20.4. The van der Waals surface area contributed by atoms with Gasteiger partial charge in [-0.3, -0.25) is 29.2 Å². The number of methoxy groups -OCH3 is 1. The van der Waals surface area contributed by atoms with Gasteiger partial charge in [-0.15, -0.1) is 11.3 Å². The number of carbonyl (C=O) groups excluding carboxylic acids is 5. The highest BCUT2D eigenvalue weighted by molar-refractivity contribution is 7.10. The first-order chi connectivity index (χ1) is 30.5. The number of likely N-dealkylation sites (N-methyl/N-ethyl adjacent to an activating group) is 1. The Kier molecular flexibility index (Phi) is 14.1. The van der Waals surface area contributed by atoms with Crippen LogP contribution >= 0.6 is 11.3 Å². The Hall–Kier alpha value is -5.39. The maximum absolute atomic E-state index is 14.6. The standard InChI is InChI=1S/C47H63N9O7S/c1-10-55-38-16-15-31-23-33(38)34(42(55)32-13-11-17-48-40(32)29(4)62-9)25-47(6,7)27-63-45(60)35-14-12-18-56(51-35)44(59)36(24-39-49-37(31)26-64-39)50-43(58)41(28(2)3)52(8)46(61)54-21-19-53(20-22-54)30(5)57/h11,13,15-17,23,26,28-29,35-36,41,51H,10,12,14,18-22,24-25,27H2,1-9H3,(H,50,58)/t29-,35-,36-,41-/m0/s1. The Morgan fingerprint density at radius 2 is 1.81 bits per heavy atom. The number of aryl methyl sites for hydroxylation is 1. The van der Waals surface area contributed by atoms with Crippen LogP contribution in [0.1, 0.15) is 83.7 Å². The number of nitrogens with zero attached hydrogens (tertiary/aromatic N) is 7. The number of piperazine rings is 1. The van der Waals surface area contributed by atoms with Gasteiger partial charge in [0.25, 0.3) is 5.91 Å². The van der Waals surface area contributed by atoms with E-state index in [-0.39, 0.29) is 37.0 Å². The van der Waals surface area contributed by atoms with Gasteiger partial charge in [-0.2, -0.15) is 0 Å². The fraction of sp³-hybridized carbons (Fsp3) is 0.553. The average molecular weight is 898 g/mol.